The Morgan fingerprint density at radius 3 is 2.54 bits per heavy atom. The number of para-hydroxylation sites is 2. The van der Waals surface area contributed by atoms with Crippen molar-refractivity contribution < 1.29 is 27.5 Å². The molecule has 0 saturated carbocycles. The van der Waals surface area contributed by atoms with Crippen LogP contribution in [0.3, 0.4) is 0 Å². The number of amides is 2. The molecule has 0 bridgehead atoms. The molecule has 0 spiro atoms. The van der Waals surface area contributed by atoms with Crippen LogP contribution < -0.4 is 19.7 Å². The van der Waals surface area contributed by atoms with E-state index in [1.807, 2.05) is 30.3 Å². The summed E-state index contributed by atoms with van der Waals surface area (Å²) in [5, 5.41) is 3.02. The van der Waals surface area contributed by atoms with Crippen LogP contribution in [0.25, 0.3) is 0 Å². The van der Waals surface area contributed by atoms with Gasteiger partial charge in [0, 0.05) is 13.6 Å². The monoisotopic (exact) mass is 571 g/mol. The molecule has 0 aliphatic carbocycles. The molecular weight excluding hydrogens is 542 g/mol. The van der Waals surface area contributed by atoms with Gasteiger partial charge in [0.1, 0.15) is 11.5 Å². The average Bonchev–Trinajstić information content (AvgIpc) is 2.94. The number of carbonyl (C=O) groups excluding carboxylic acids is 2. The summed E-state index contributed by atoms with van der Waals surface area (Å²) < 4.78 is 38.6. The lowest BCUT2D eigenvalue weighted by atomic mass is 10.1. The van der Waals surface area contributed by atoms with Crippen molar-refractivity contribution in [3.63, 3.8) is 0 Å². The Morgan fingerprint density at radius 2 is 1.82 bits per heavy atom. The Balaban J connectivity index is 1.46. The van der Waals surface area contributed by atoms with Gasteiger partial charge in [-0.25, -0.2) is 8.42 Å². The predicted octanol–water partition coefficient (Wildman–Crippen LogP) is 3.51. The molecule has 4 rings (SSSR count). The van der Waals surface area contributed by atoms with Crippen molar-refractivity contribution in [3.05, 3.63) is 83.4 Å². The van der Waals surface area contributed by atoms with Gasteiger partial charge in [-0.3, -0.25) is 9.59 Å². The molecule has 1 aliphatic heterocycles. The van der Waals surface area contributed by atoms with Crippen LogP contribution in [0.4, 0.5) is 5.69 Å². The third kappa shape index (κ3) is 6.70. The van der Waals surface area contributed by atoms with Crippen LogP contribution in [0.15, 0.2) is 77.7 Å². The van der Waals surface area contributed by atoms with Crippen LogP contribution in [-0.2, 0) is 26.0 Å². The highest BCUT2D eigenvalue weighted by atomic mass is 35.5. The number of nitrogens with zero attached hydrogens (tertiary/aromatic N) is 2. The fraction of sp³-hybridized carbons (Fsp3) is 0.286. The lowest BCUT2D eigenvalue weighted by Gasteiger charge is -2.35. The van der Waals surface area contributed by atoms with E-state index in [-0.39, 0.29) is 22.4 Å². The Hall–Kier alpha value is -3.60. The molecule has 1 atom stereocenters. The van der Waals surface area contributed by atoms with Crippen molar-refractivity contribution in [2.24, 2.45) is 0 Å². The topological polar surface area (TPSA) is 105 Å². The summed E-state index contributed by atoms with van der Waals surface area (Å²) in [6.45, 7) is 2.07. The van der Waals surface area contributed by atoms with Gasteiger partial charge in [0.2, 0.25) is 15.9 Å². The van der Waals surface area contributed by atoms with E-state index in [0.717, 1.165) is 9.87 Å². The van der Waals surface area contributed by atoms with Gasteiger partial charge in [0.25, 0.3) is 5.91 Å². The SMILES string of the molecule is CCOc1ccc(S(=O)(=O)N(C)CC(=O)N2CC(C(=O)NCCc3ccccc3)Oc3ccccc32)cc1Cl. The van der Waals surface area contributed by atoms with E-state index in [9.17, 15) is 18.0 Å². The van der Waals surface area contributed by atoms with Crippen molar-refractivity contribution in [3.8, 4) is 11.5 Å². The van der Waals surface area contributed by atoms with Crippen molar-refractivity contribution in [2.75, 3.05) is 38.2 Å². The zero-order valence-corrected chi connectivity index (χ0v) is 23.2. The minimum absolute atomic E-state index is 0.0597. The second-order valence-corrected chi connectivity index (χ2v) is 11.3. The lowest BCUT2D eigenvalue weighted by molar-refractivity contribution is -0.128. The minimum Gasteiger partial charge on any atom is -0.492 e. The Kier molecular flexibility index (Phi) is 9.11. The Morgan fingerprint density at radius 1 is 1.10 bits per heavy atom. The standard InChI is InChI=1S/C28H30ClN3O6S/c1-3-37-24-14-13-21(17-22(24)29)39(35,36)31(2)19-27(33)32-18-26(38-25-12-8-7-11-23(25)32)28(34)30-16-15-20-9-5-4-6-10-20/h4-14,17,26H,3,15-16,18-19H2,1-2H3,(H,30,34). The van der Waals surface area contributed by atoms with E-state index in [1.165, 1.54) is 30.1 Å². The normalized spacial score (nSPS) is 14.9. The molecule has 206 valence electrons. The van der Waals surface area contributed by atoms with Crippen LogP contribution in [0, 0.1) is 0 Å². The van der Waals surface area contributed by atoms with E-state index in [1.54, 1.807) is 31.2 Å². The summed E-state index contributed by atoms with van der Waals surface area (Å²) in [5.41, 5.74) is 1.55. The Bertz CT molecular complexity index is 1430. The molecule has 3 aromatic rings. The van der Waals surface area contributed by atoms with E-state index in [4.69, 9.17) is 21.1 Å². The maximum Gasteiger partial charge on any atom is 0.262 e. The fourth-order valence-corrected chi connectivity index (χ4v) is 5.60. The molecule has 9 nitrogen and oxygen atoms in total. The van der Waals surface area contributed by atoms with E-state index in [0.29, 0.717) is 36.8 Å². The molecule has 0 fully saturated rings. The molecule has 11 heteroatoms. The van der Waals surface area contributed by atoms with Crippen LogP contribution in [-0.4, -0.2) is 63.9 Å². The number of likely N-dealkylation sites (N-methyl/N-ethyl adjacent to an activating group) is 1. The molecule has 1 heterocycles. The van der Waals surface area contributed by atoms with Crippen LogP contribution >= 0.6 is 11.6 Å². The molecule has 0 radical (unpaired) electrons. The number of fused-ring (bicyclic) bond motifs is 1. The van der Waals surface area contributed by atoms with Crippen molar-refractivity contribution in [1.29, 1.82) is 0 Å². The summed E-state index contributed by atoms with van der Waals surface area (Å²) in [4.78, 5) is 27.7. The van der Waals surface area contributed by atoms with Crippen LogP contribution in [0.2, 0.25) is 5.02 Å². The summed E-state index contributed by atoms with van der Waals surface area (Å²) in [5.74, 6) is -0.127. The van der Waals surface area contributed by atoms with Gasteiger partial charge >= 0.3 is 0 Å². The third-order valence-corrected chi connectivity index (χ3v) is 8.29. The molecular formula is C28H30ClN3O6S. The molecule has 1 unspecified atom stereocenters. The van der Waals surface area contributed by atoms with Crippen LogP contribution in [0.5, 0.6) is 11.5 Å². The molecule has 1 aliphatic rings. The Labute approximate surface area is 233 Å². The lowest BCUT2D eigenvalue weighted by Crippen LogP contribution is -2.52. The van der Waals surface area contributed by atoms with Gasteiger partial charge in [0.15, 0.2) is 6.10 Å². The molecule has 0 saturated heterocycles. The zero-order valence-electron chi connectivity index (χ0n) is 21.7. The van der Waals surface area contributed by atoms with Crippen molar-refractivity contribution >= 4 is 39.1 Å². The molecule has 2 amide bonds. The first-order valence-electron chi connectivity index (χ1n) is 12.5. The number of sulfonamides is 1. The van der Waals surface area contributed by atoms with Gasteiger partial charge in [-0.2, -0.15) is 4.31 Å². The summed E-state index contributed by atoms with van der Waals surface area (Å²) in [7, 11) is -2.72. The number of carbonyl (C=O) groups is 2. The maximum absolute atomic E-state index is 13.4. The highest BCUT2D eigenvalue weighted by molar-refractivity contribution is 7.89. The number of hydrogen-bond acceptors (Lipinski definition) is 6. The predicted molar refractivity (Wildman–Crippen MR) is 149 cm³/mol. The highest BCUT2D eigenvalue weighted by Crippen LogP contribution is 2.34. The minimum atomic E-state index is -4.04. The molecule has 3 aromatic carbocycles. The van der Waals surface area contributed by atoms with Crippen molar-refractivity contribution in [1.82, 2.24) is 9.62 Å². The maximum atomic E-state index is 13.4. The van der Waals surface area contributed by atoms with Gasteiger partial charge in [-0.15, -0.1) is 0 Å². The summed E-state index contributed by atoms with van der Waals surface area (Å²) in [6.07, 6.45) is -0.303. The number of rotatable bonds is 10. The van der Waals surface area contributed by atoms with Gasteiger partial charge < -0.3 is 19.7 Å². The van der Waals surface area contributed by atoms with E-state index in [2.05, 4.69) is 5.32 Å². The largest absolute Gasteiger partial charge is 0.492 e. The first kappa shape index (κ1) is 28.4. The second-order valence-electron chi connectivity index (χ2n) is 8.89. The molecule has 0 aromatic heterocycles. The first-order valence-corrected chi connectivity index (χ1v) is 14.3. The number of nitrogens with one attached hydrogen (secondary N) is 1. The number of hydrogen-bond donors (Lipinski definition) is 1. The van der Waals surface area contributed by atoms with Gasteiger partial charge in [-0.05, 0) is 49.2 Å². The number of ether oxygens (including phenoxy) is 2. The summed E-state index contributed by atoms with van der Waals surface area (Å²) in [6, 6.07) is 20.7. The number of anilines is 1. The van der Waals surface area contributed by atoms with Crippen LogP contribution in [0.1, 0.15) is 12.5 Å². The third-order valence-electron chi connectivity index (χ3n) is 6.19. The van der Waals surface area contributed by atoms with Gasteiger partial charge in [0.05, 0.1) is 35.3 Å². The number of halogens is 1. The smallest absolute Gasteiger partial charge is 0.262 e. The highest BCUT2D eigenvalue weighted by Gasteiger charge is 2.35. The van der Waals surface area contributed by atoms with E-state index < -0.39 is 28.6 Å². The fourth-order valence-electron chi connectivity index (χ4n) is 4.15. The van der Waals surface area contributed by atoms with Gasteiger partial charge in [-0.1, -0.05) is 54.1 Å². The first-order chi connectivity index (χ1) is 18.7. The van der Waals surface area contributed by atoms with E-state index >= 15 is 0 Å². The summed E-state index contributed by atoms with van der Waals surface area (Å²) >= 11 is 6.18. The molecule has 1 N–H and O–H groups in total. The molecule has 39 heavy (non-hydrogen) atoms. The number of benzene rings is 3. The zero-order chi connectivity index (χ0) is 28.0. The quantitative estimate of drug-likeness (QED) is 0.399. The average molecular weight is 572 g/mol. The second kappa shape index (κ2) is 12.5. The van der Waals surface area contributed by atoms with Crippen molar-refractivity contribution in [2.45, 2.75) is 24.3 Å².